The monoisotopic (exact) mass is 407 g/mol. The molecule has 2 heterocycles. The van der Waals surface area contributed by atoms with Gasteiger partial charge in [0.1, 0.15) is 0 Å². The van der Waals surface area contributed by atoms with E-state index in [1.54, 1.807) is 18.2 Å². The smallest absolute Gasteiger partial charge is 0.176 e. The molecule has 4 rings (SSSR count). The van der Waals surface area contributed by atoms with Gasteiger partial charge in [-0.15, -0.1) is 0 Å². The molecule has 0 spiro atoms. The van der Waals surface area contributed by atoms with Gasteiger partial charge in [0.05, 0.1) is 34.3 Å². The van der Waals surface area contributed by atoms with Crippen molar-refractivity contribution in [2.75, 3.05) is 4.90 Å². The number of hydrogen-bond acceptors (Lipinski definition) is 4. The molecule has 1 saturated heterocycles. The van der Waals surface area contributed by atoms with Gasteiger partial charge in [-0.25, -0.2) is 0 Å². The van der Waals surface area contributed by atoms with Gasteiger partial charge in [-0.2, -0.15) is 10.5 Å². The fourth-order valence-corrected chi connectivity index (χ4v) is 4.77. The van der Waals surface area contributed by atoms with Crippen molar-refractivity contribution in [2.24, 2.45) is 5.41 Å². The largest absolute Gasteiger partial charge is 0.351 e. The summed E-state index contributed by atoms with van der Waals surface area (Å²) in [6.45, 7) is 1.50. The minimum atomic E-state index is -1.45. The molecule has 0 aliphatic carbocycles. The molecule has 4 nitrogen and oxygen atoms in total. The standard InChI is InChI=1S/C22H15Cl2N3O/c1-13(28)21-20(15-6-8-16(23)17(24)10-15)22(11-25,12-26)19-9-7-14-4-2-3-5-18(14)27(19)21/h2-10,19-21H,1H3/t19-,20-,21-/m1/s1. The van der Waals surface area contributed by atoms with Crippen LogP contribution in [0.2, 0.25) is 10.0 Å². The van der Waals surface area contributed by atoms with Crippen LogP contribution in [0, 0.1) is 28.1 Å². The van der Waals surface area contributed by atoms with Gasteiger partial charge in [0.2, 0.25) is 0 Å². The number of anilines is 1. The Labute approximate surface area is 173 Å². The fourth-order valence-electron chi connectivity index (χ4n) is 4.47. The van der Waals surface area contributed by atoms with E-state index >= 15 is 0 Å². The number of Topliss-reactive ketones (excluding diaryl/α,β-unsaturated/α-hetero) is 1. The Morgan fingerprint density at radius 1 is 1.11 bits per heavy atom. The van der Waals surface area contributed by atoms with Crippen LogP contribution in [0.15, 0.2) is 48.5 Å². The molecule has 6 heteroatoms. The first-order valence-electron chi connectivity index (χ1n) is 8.78. The lowest BCUT2D eigenvalue weighted by Crippen LogP contribution is -2.43. The number of rotatable bonds is 2. The Kier molecular flexibility index (Phi) is 4.42. The molecule has 1 fully saturated rings. The van der Waals surface area contributed by atoms with E-state index in [9.17, 15) is 15.3 Å². The lowest BCUT2D eigenvalue weighted by molar-refractivity contribution is -0.118. The van der Waals surface area contributed by atoms with Crippen LogP contribution in [0.4, 0.5) is 5.69 Å². The highest BCUT2D eigenvalue weighted by Crippen LogP contribution is 2.55. The third-order valence-electron chi connectivity index (χ3n) is 5.63. The third-order valence-corrected chi connectivity index (χ3v) is 6.37. The van der Waals surface area contributed by atoms with Crippen LogP contribution < -0.4 is 4.90 Å². The molecule has 0 bridgehead atoms. The number of benzene rings is 2. The van der Waals surface area contributed by atoms with Gasteiger partial charge in [0.25, 0.3) is 0 Å². The minimum absolute atomic E-state index is 0.112. The number of nitrogens with zero attached hydrogens (tertiary/aromatic N) is 3. The van der Waals surface area contributed by atoms with Crippen LogP contribution in [0.25, 0.3) is 6.08 Å². The van der Waals surface area contributed by atoms with E-state index in [2.05, 4.69) is 12.1 Å². The summed E-state index contributed by atoms with van der Waals surface area (Å²) in [5.74, 6) is -0.783. The Morgan fingerprint density at radius 3 is 2.46 bits per heavy atom. The predicted molar refractivity (Wildman–Crippen MR) is 109 cm³/mol. The number of ketones is 1. The van der Waals surface area contributed by atoms with E-state index in [4.69, 9.17) is 23.2 Å². The van der Waals surface area contributed by atoms with E-state index < -0.39 is 23.4 Å². The number of para-hydroxylation sites is 1. The summed E-state index contributed by atoms with van der Waals surface area (Å²) < 4.78 is 0. The molecule has 0 saturated carbocycles. The lowest BCUT2D eigenvalue weighted by atomic mass is 9.69. The maximum absolute atomic E-state index is 12.8. The molecule has 0 N–H and O–H groups in total. The van der Waals surface area contributed by atoms with Crippen molar-refractivity contribution >= 4 is 40.7 Å². The van der Waals surface area contributed by atoms with Crippen LogP contribution in [-0.4, -0.2) is 17.9 Å². The Balaban J connectivity index is 2.00. The van der Waals surface area contributed by atoms with E-state index in [1.807, 2.05) is 41.3 Å². The summed E-state index contributed by atoms with van der Waals surface area (Å²) >= 11 is 12.3. The average molecular weight is 408 g/mol. The van der Waals surface area contributed by atoms with Crippen molar-refractivity contribution in [3.05, 3.63) is 69.7 Å². The number of nitriles is 2. The molecule has 0 unspecified atom stereocenters. The first kappa shape index (κ1) is 18.6. The van der Waals surface area contributed by atoms with Crippen LogP contribution in [0.5, 0.6) is 0 Å². The second-order valence-electron chi connectivity index (χ2n) is 7.07. The SMILES string of the molecule is CC(=O)[C@@H]1[C@@H](c2ccc(Cl)c(Cl)c2)C(C#N)(C#N)[C@H]2C=Cc3ccccc3N12. The number of hydrogen-bond donors (Lipinski definition) is 0. The van der Waals surface area contributed by atoms with Crippen LogP contribution in [-0.2, 0) is 4.79 Å². The normalized spacial score (nSPS) is 24.0. The van der Waals surface area contributed by atoms with Gasteiger partial charge >= 0.3 is 0 Å². The molecule has 0 aromatic heterocycles. The number of fused-ring (bicyclic) bond motifs is 3. The predicted octanol–water partition coefficient (Wildman–Crippen LogP) is 4.98. The van der Waals surface area contributed by atoms with Crippen molar-refractivity contribution in [1.29, 1.82) is 10.5 Å². The number of carbonyl (C=O) groups is 1. The molecule has 28 heavy (non-hydrogen) atoms. The summed E-state index contributed by atoms with van der Waals surface area (Å²) in [4.78, 5) is 14.7. The molecule has 2 aliphatic heterocycles. The molecule has 2 aromatic carbocycles. The van der Waals surface area contributed by atoms with Crippen molar-refractivity contribution in [3.8, 4) is 12.1 Å². The maximum Gasteiger partial charge on any atom is 0.176 e. The van der Waals surface area contributed by atoms with Gasteiger partial charge in [0.15, 0.2) is 11.2 Å². The summed E-state index contributed by atoms with van der Waals surface area (Å²) in [5.41, 5.74) is 0.993. The second kappa shape index (κ2) is 6.67. The molecular formula is C22H15Cl2N3O. The first-order valence-corrected chi connectivity index (χ1v) is 9.53. The number of halogens is 2. The van der Waals surface area contributed by atoms with E-state index in [1.165, 1.54) is 6.92 Å². The number of carbonyl (C=O) groups excluding carboxylic acids is 1. The van der Waals surface area contributed by atoms with Crippen molar-refractivity contribution in [3.63, 3.8) is 0 Å². The van der Waals surface area contributed by atoms with Crippen molar-refractivity contribution in [1.82, 2.24) is 0 Å². The quantitative estimate of drug-likeness (QED) is 0.703. The molecule has 2 aliphatic rings. The highest BCUT2D eigenvalue weighted by molar-refractivity contribution is 6.42. The zero-order valence-electron chi connectivity index (χ0n) is 14.9. The summed E-state index contributed by atoms with van der Waals surface area (Å²) in [5, 5.41) is 21.0. The van der Waals surface area contributed by atoms with E-state index in [0.29, 0.717) is 15.6 Å². The Hall–Kier alpha value is -2.79. The van der Waals surface area contributed by atoms with Crippen molar-refractivity contribution < 1.29 is 4.79 Å². The highest BCUT2D eigenvalue weighted by Gasteiger charge is 2.62. The van der Waals surface area contributed by atoms with Gasteiger partial charge in [-0.1, -0.05) is 59.6 Å². The summed E-state index contributed by atoms with van der Waals surface area (Å²) in [6.07, 6.45) is 3.76. The third kappa shape index (κ3) is 2.46. The highest BCUT2D eigenvalue weighted by atomic mass is 35.5. The Bertz CT molecular complexity index is 1080. The van der Waals surface area contributed by atoms with Crippen LogP contribution in [0.3, 0.4) is 0 Å². The van der Waals surface area contributed by atoms with Crippen molar-refractivity contribution in [2.45, 2.75) is 24.9 Å². The van der Waals surface area contributed by atoms with Gasteiger partial charge in [-0.3, -0.25) is 4.79 Å². The average Bonchev–Trinajstić information content (AvgIpc) is 3.01. The molecule has 138 valence electrons. The van der Waals surface area contributed by atoms with Crippen LogP contribution in [0.1, 0.15) is 24.0 Å². The zero-order valence-corrected chi connectivity index (χ0v) is 16.4. The molecule has 2 aromatic rings. The summed E-state index contributed by atoms with van der Waals surface area (Å²) in [7, 11) is 0. The molecule has 0 radical (unpaired) electrons. The topological polar surface area (TPSA) is 67.9 Å². The molecule has 0 amide bonds. The van der Waals surface area contributed by atoms with Gasteiger partial charge in [0, 0.05) is 11.6 Å². The minimum Gasteiger partial charge on any atom is -0.351 e. The second-order valence-corrected chi connectivity index (χ2v) is 7.88. The lowest BCUT2D eigenvalue weighted by Gasteiger charge is -2.35. The zero-order chi connectivity index (χ0) is 20.1. The van der Waals surface area contributed by atoms with Gasteiger partial charge < -0.3 is 4.90 Å². The molecule has 3 atom stereocenters. The molecular weight excluding hydrogens is 393 g/mol. The van der Waals surface area contributed by atoms with E-state index in [-0.39, 0.29) is 5.78 Å². The first-order chi connectivity index (χ1) is 13.4. The summed E-state index contributed by atoms with van der Waals surface area (Å²) in [6, 6.07) is 16.0. The maximum atomic E-state index is 12.8. The Morgan fingerprint density at radius 2 is 1.82 bits per heavy atom. The van der Waals surface area contributed by atoms with Gasteiger partial charge in [-0.05, 0) is 36.2 Å². The van der Waals surface area contributed by atoms with Crippen LogP contribution >= 0.6 is 23.2 Å². The van der Waals surface area contributed by atoms with E-state index in [0.717, 1.165) is 11.3 Å². The fraction of sp³-hybridized carbons (Fsp3) is 0.227.